The zero-order valence-electron chi connectivity index (χ0n) is 10.2. The molecule has 2 fully saturated rings. The molecule has 4 atom stereocenters. The van der Waals surface area contributed by atoms with Crippen LogP contribution in [0.3, 0.4) is 0 Å². The number of nitrogens with zero attached hydrogens (tertiary/aromatic N) is 1. The van der Waals surface area contributed by atoms with Crippen LogP contribution in [0.1, 0.15) is 37.4 Å². The number of aliphatic hydroxyl groups is 1. The highest BCUT2D eigenvalue weighted by Gasteiger charge is 2.43. The molecule has 94 valence electrons. The van der Waals surface area contributed by atoms with Gasteiger partial charge in [0.1, 0.15) is 0 Å². The Morgan fingerprint density at radius 3 is 3.06 bits per heavy atom. The summed E-state index contributed by atoms with van der Waals surface area (Å²) in [6.45, 7) is 0. The summed E-state index contributed by atoms with van der Waals surface area (Å²) in [7, 11) is 0. The quantitative estimate of drug-likeness (QED) is 0.890. The number of fused-ring (bicyclic) bond motifs is 3. The lowest BCUT2D eigenvalue weighted by molar-refractivity contribution is 0.0744. The van der Waals surface area contributed by atoms with Crippen LogP contribution >= 0.6 is 11.3 Å². The molecule has 2 aliphatic carbocycles. The van der Waals surface area contributed by atoms with Gasteiger partial charge in [0.25, 0.3) is 0 Å². The molecule has 2 bridgehead atoms. The van der Waals surface area contributed by atoms with Crippen molar-refractivity contribution >= 4 is 21.6 Å². The largest absolute Gasteiger partial charge is 0.388 e. The summed E-state index contributed by atoms with van der Waals surface area (Å²) in [5, 5.41) is 12.7. The van der Waals surface area contributed by atoms with Gasteiger partial charge in [-0.05, 0) is 54.5 Å². The maximum absolute atomic E-state index is 10.6. The third kappa shape index (κ3) is 1.61. The van der Waals surface area contributed by atoms with Gasteiger partial charge < -0.3 is 5.11 Å². The lowest BCUT2D eigenvalue weighted by Crippen LogP contribution is -2.19. The second kappa shape index (κ2) is 4.04. The van der Waals surface area contributed by atoms with Crippen molar-refractivity contribution in [2.24, 2.45) is 17.8 Å². The topological polar surface area (TPSA) is 33.1 Å². The number of rotatable bonds is 2. The van der Waals surface area contributed by atoms with Crippen molar-refractivity contribution in [1.82, 2.24) is 4.98 Å². The predicted molar refractivity (Wildman–Crippen MR) is 73.5 cm³/mol. The summed E-state index contributed by atoms with van der Waals surface area (Å²) in [6, 6.07) is 4.16. The maximum Gasteiger partial charge on any atom is 0.0836 e. The summed E-state index contributed by atoms with van der Waals surface area (Å²) >= 11 is 1.70. The highest BCUT2D eigenvalue weighted by atomic mass is 32.1. The first kappa shape index (κ1) is 10.9. The molecule has 0 aliphatic heterocycles. The van der Waals surface area contributed by atoms with Crippen LogP contribution in [-0.4, -0.2) is 10.1 Å². The molecule has 4 rings (SSSR count). The number of hydrogen-bond donors (Lipinski definition) is 1. The zero-order chi connectivity index (χ0) is 12.1. The molecule has 2 heterocycles. The van der Waals surface area contributed by atoms with E-state index < -0.39 is 0 Å². The van der Waals surface area contributed by atoms with Crippen LogP contribution in [0, 0.1) is 17.8 Å². The fourth-order valence-corrected chi connectivity index (χ4v) is 4.74. The molecule has 0 radical (unpaired) electrons. The van der Waals surface area contributed by atoms with E-state index in [2.05, 4.69) is 16.4 Å². The van der Waals surface area contributed by atoms with E-state index in [0.717, 1.165) is 22.9 Å². The highest BCUT2D eigenvalue weighted by Crippen LogP contribution is 2.52. The van der Waals surface area contributed by atoms with E-state index in [-0.39, 0.29) is 6.10 Å². The van der Waals surface area contributed by atoms with Crippen molar-refractivity contribution in [3.05, 3.63) is 29.3 Å². The molecule has 1 N–H and O–H groups in total. The van der Waals surface area contributed by atoms with Gasteiger partial charge in [0, 0.05) is 11.8 Å². The van der Waals surface area contributed by atoms with Crippen LogP contribution in [-0.2, 0) is 0 Å². The minimum Gasteiger partial charge on any atom is -0.388 e. The van der Waals surface area contributed by atoms with Crippen molar-refractivity contribution in [2.45, 2.75) is 31.8 Å². The zero-order valence-corrected chi connectivity index (χ0v) is 11.1. The Bertz CT molecular complexity index is 579. The molecule has 2 nitrogen and oxygen atoms in total. The SMILES string of the molecule is OC(c1cnc2ccsc2c1)C1CC2CCC1C2. The molecule has 18 heavy (non-hydrogen) atoms. The van der Waals surface area contributed by atoms with Gasteiger partial charge in [-0.1, -0.05) is 6.42 Å². The van der Waals surface area contributed by atoms with Crippen LogP contribution in [0.15, 0.2) is 23.7 Å². The average Bonchev–Trinajstić information content (AvgIpc) is 3.12. The molecular formula is C15H17NOS. The van der Waals surface area contributed by atoms with Crippen molar-refractivity contribution in [1.29, 1.82) is 0 Å². The fourth-order valence-electron chi connectivity index (χ4n) is 3.95. The Hall–Kier alpha value is -0.930. The summed E-state index contributed by atoms with van der Waals surface area (Å²) in [4.78, 5) is 4.45. The number of pyridine rings is 1. The van der Waals surface area contributed by atoms with Crippen molar-refractivity contribution in [3.63, 3.8) is 0 Å². The Balaban J connectivity index is 1.65. The average molecular weight is 259 g/mol. The molecule has 2 aromatic heterocycles. The summed E-state index contributed by atoms with van der Waals surface area (Å²) < 4.78 is 1.19. The van der Waals surface area contributed by atoms with E-state index in [9.17, 15) is 5.11 Å². The Labute approximate surface area is 111 Å². The van der Waals surface area contributed by atoms with Gasteiger partial charge in [0.2, 0.25) is 0 Å². The van der Waals surface area contributed by atoms with E-state index in [1.165, 1.54) is 30.4 Å². The molecule has 2 saturated carbocycles. The Kier molecular flexibility index (Phi) is 2.45. The predicted octanol–water partition coefficient (Wildman–Crippen LogP) is 3.77. The third-order valence-electron chi connectivity index (χ3n) is 4.86. The minimum atomic E-state index is -0.306. The summed E-state index contributed by atoms with van der Waals surface area (Å²) in [5.74, 6) is 2.11. The van der Waals surface area contributed by atoms with Crippen LogP contribution in [0.25, 0.3) is 10.2 Å². The van der Waals surface area contributed by atoms with Crippen molar-refractivity contribution < 1.29 is 5.11 Å². The standard InChI is InChI=1S/C15H17NOS/c17-15(12-6-9-1-2-10(12)5-9)11-7-14-13(16-8-11)3-4-18-14/h3-4,7-10,12,15,17H,1-2,5-6H2. The molecule has 2 aliphatic rings. The second-order valence-electron chi connectivity index (χ2n) is 5.86. The summed E-state index contributed by atoms with van der Waals surface area (Å²) in [6.07, 6.45) is 6.83. The summed E-state index contributed by atoms with van der Waals surface area (Å²) in [5.41, 5.74) is 2.06. The van der Waals surface area contributed by atoms with Gasteiger partial charge in [0.15, 0.2) is 0 Å². The Morgan fingerprint density at radius 1 is 1.33 bits per heavy atom. The number of thiophene rings is 1. The van der Waals surface area contributed by atoms with Crippen molar-refractivity contribution in [3.8, 4) is 0 Å². The number of aliphatic hydroxyl groups excluding tert-OH is 1. The van der Waals surface area contributed by atoms with Crippen molar-refractivity contribution in [2.75, 3.05) is 0 Å². The minimum absolute atomic E-state index is 0.306. The second-order valence-corrected chi connectivity index (χ2v) is 6.80. The fraction of sp³-hybridized carbons (Fsp3) is 0.533. The first-order valence-corrected chi connectivity index (χ1v) is 7.70. The maximum atomic E-state index is 10.6. The van der Waals surface area contributed by atoms with Gasteiger partial charge in [-0.15, -0.1) is 11.3 Å². The molecule has 0 saturated heterocycles. The normalized spacial score (nSPS) is 32.2. The Morgan fingerprint density at radius 2 is 2.28 bits per heavy atom. The number of aromatic nitrogens is 1. The van der Waals surface area contributed by atoms with Crippen LogP contribution < -0.4 is 0 Å². The van der Waals surface area contributed by atoms with Crippen LogP contribution in [0.5, 0.6) is 0 Å². The molecule has 0 spiro atoms. The van der Waals surface area contributed by atoms with E-state index in [4.69, 9.17) is 0 Å². The smallest absolute Gasteiger partial charge is 0.0836 e. The third-order valence-corrected chi connectivity index (χ3v) is 5.72. The van der Waals surface area contributed by atoms with E-state index in [1.807, 2.05) is 12.3 Å². The molecule has 4 unspecified atom stereocenters. The van der Waals surface area contributed by atoms with Gasteiger partial charge in [-0.2, -0.15) is 0 Å². The first-order chi connectivity index (χ1) is 8.81. The van der Waals surface area contributed by atoms with Gasteiger partial charge in [0.05, 0.1) is 16.3 Å². The molecule has 2 aromatic rings. The van der Waals surface area contributed by atoms with E-state index in [1.54, 1.807) is 11.3 Å². The van der Waals surface area contributed by atoms with Crippen LogP contribution in [0.2, 0.25) is 0 Å². The van der Waals surface area contributed by atoms with E-state index >= 15 is 0 Å². The molecule has 0 amide bonds. The van der Waals surface area contributed by atoms with E-state index in [0.29, 0.717) is 5.92 Å². The lowest BCUT2D eigenvalue weighted by Gasteiger charge is -2.26. The molecule has 3 heteroatoms. The van der Waals surface area contributed by atoms with Gasteiger partial charge in [-0.3, -0.25) is 4.98 Å². The highest BCUT2D eigenvalue weighted by molar-refractivity contribution is 7.17. The monoisotopic (exact) mass is 259 g/mol. The molecule has 0 aromatic carbocycles. The lowest BCUT2D eigenvalue weighted by atomic mass is 9.82. The van der Waals surface area contributed by atoms with Gasteiger partial charge >= 0.3 is 0 Å². The number of hydrogen-bond acceptors (Lipinski definition) is 3. The first-order valence-electron chi connectivity index (χ1n) is 6.82. The van der Waals surface area contributed by atoms with Gasteiger partial charge in [-0.25, -0.2) is 0 Å². The molecular weight excluding hydrogens is 242 g/mol. The van der Waals surface area contributed by atoms with Crippen LogP contribution in [0.4, 0.5) is 0 Å².